The highest BCUT2D eigenvalue weighted by Gasteiger charge is 2.29. The van der Waals surface area contributed by atoms with Gasteiger partial charge in [-0.05, 0) is 55.6 Å². The fourth-order valence-electron chi connectivity index (χ4n) is 3.45. The molecule has 1 aliphatic carbocycles. The second-order valence-corrected chi connectivity index (χ2v) is 7.20. The maximum atomic E-state index is 6.37. The van der Waals surface area contributed by atoms with Gasteiger partial charge in [0.15, 0.2) is 0 Å². The van der Waals surface area contributed by atoms with Crippen LogP contribution in [0, 0.1) is 5.41 Å². The first-order valence-electron chi connectivity index (χ1n) is 8.10. The van der Waals surface area contributed by atoms with Gasteiger partial charge in [-0.3, -0.25) is 0 Å². The Labute approximate surface area is 122 Å². The molecule has 20 heavy (non-hydrogen) atoms. The van der Waals surface area contributed by atoms with Gasteiger partial charge >= 0.3 is 0 Å². The molecule has 0 bridgehead atoms. The summed E-state index contributed by atoms with van der Waals surface area (Å²) in [6.07, 6.45) is 8.20. The second-order valence-electron chi connectivity index (χ2n) is 7.20. The average Bonchev–Trinajstić information content (AvgIpc) is 2.64. The number of anilines is 1. The van der Waals surface area contributed by atoms with Gasteiger partial charge in [0.25, 0.3) is 0 Å². The summed E-state index contributed by atoms with van der Waals surface area (Å²) in [5, 5.41) is 3.56. The van der Waals surface area contributed by atoms with Crippen LogP contribution in [0.3, 0.4) is 0 Å². The summed E-state index contributed by atoms with van der Waals surface area (Å²) in [6.45, 7) is 5.72. The molecule has 0 amide bonds. The van der Waals surface area contributed by atoms with Crippen molar-refractivity contribution in [2.75, 3.05) is 11.9 Å². The summed E-state index contributed by atoms with van der Waals surface area (Å²) >= 11 is 0. The molecule has 2 nitrogen and oxygen atoms in total. The fraction of sp³-hybridized carbons (Fsp3) is 0.667. The van der Waals surface area contributed by atoms with E-state index in [4.69, 9.17) is 4.74 Å². The molecule has 2 aliphatic rings. The molecule has 1 saturated carbocycles. The van der Waals surface area contributed by atoms with Gasteiger partial charge < -0.3 is 10.1 Å². The molecule has 3 rings (SSSR count). The Balaban J connectivity index is 1.53. The zero-order valence-corrected chi connectivity index (χ0v) is 12.8. The highest BCUT2D eigenvalue weighted by atomic mass is 16.5. The van der Waals surface area contributed by atoms with Crippen LogP contribution in [0.5, 0.6) is 0 Å². The van der Waals surface area contributed by atoms with Crippen LogP contribution >= 0.6 is 0 Å². The molecule has 1 aliphatic heterocycles. The Morgan fingerprint density at radius 1 is 1.05 bits per heavy atom. The molecule has 1 unspecified atom stereocenters. The number of hydrogen-bond donors (Lipinski definition) is 1. The Bertz CT molecular complexity index is 417. The minimum Gasteiger partial charge on any atom is -0.382 e. The number of ether oxygens (including phenoxy) is 1. The van der Waals surface area contributed by atoms with Crippen LogP contribution in [0.15, 0.2) is 24.3 Å². The van der Waals surface area contributed by atoms with Gasteiger partial charge in [0, 0.05) is 12.2 Å². The molecule has 1 aromatic carbocycles. The monoisotopic (exact) mass is 273 g/mol. The first-order valence-corrected chi connectivity index (χ1v) is 8.10. The molecule has 0 aromatic heterocycles. The van der Waals surface area contributed by atoms with Crippen LogP contribution in [0.4, 0.5) is 5.69 Å². The van der Waals surface area contributed by atoms with Gasteiger partial charge in [-0.15, -0.1) is 0 Å². The zero-order chi connectivity index (χ0) is 14.0. The standard InChI is InChI=1S/C18H27NO/c1-18(2)11-9-15(10-12-18)20-16-8-7-14-5-3-4-6-17(14)19-13-16/h3-6,15-16,19H,7-13H2,1-2H3. The van der Waals surface area contributed by atoms with Gasteiger partial charge in [0.1, 0.15) is 0 Å². The molecule has 1 heterocycles. The first-order chi connectivity index (χ1) is 9.62. The molecule has 2 heteroatoms. The fourth-order valence-corrected chi connectivity index (χ4v) is 3.45. The van der Waals surface area contributed by atoms with Gasteiger partial charge in [0.05, 0.1) is 12.2 Å². The van der Waals surface area contributed by atoms with Crippen molar-refractivity contribution in [3.63, 3.8) is 0 Å². The molecule has 0 spiro atoms. The summed E-state index contributed by atoms with van der Waals surface area (Å²) < 4.78 is 6.37. The van der Waals surface area contributed by atoms with E-state index in [9.17, 15) is 0 Å². The van der Waals surface area contributed by atoms with Gasteiger partial charge in [0.2, 0.25) is 0 Å². The van der Waals surface area contributed by atoms with E-state index in [1.165, 1.54) is 36.9 Å². The van der Waals surface area contributed by atoms with Crippen molar-refractivity contribution >= 4 is 5.69 Å². The largest absolute Gasteiger partial charge is 0.382 e. The third-order valence-electron chi connectivity index (χ3n) is 4.94. The lowest BCUT2D eigenvalue weighted by atomic mass is 9.76. The minimum atomic E-state index is 0.369. The third kappa shape index (κ3) is 3.35. The van der Waals surface area contributed by atoms with Gasteiger partial charge in [-0.2, -0.15) is 0 Å². The number of para-hydroxylation sites is 1. The lowest BCUT2D eigenvalue weighted by Crippen LogP contribution is -2.32. The Kier molecular flexibility index (Phi) is 4.02. The van der Waals surface area contributed by atoms with E-state index in [-0.39, 0.29) is 0 Å². The summed E-state index contributed by atoms with van der Waals surface area (Å²) in [5.74, 6) is 0. The molecule has 1 atom stereocenters. The van der Waals surface area contributed by atoms with Crippen molar-refractivity contribution in [3.8, 4) is 0 Å². The summed E-state index contributed by atoms with van der Waals surface area (Å²) in [6, 6.07) is 8.65. The minimum absolute atomic E-state index is 0.369. The van der Waals surface area contributed by atoms with E-state index in [0.717, 1.165) is 19.4 Å². The van der Waals surface area contributed by atoms with E-state index in [2.05, 4.69) is 43.4 Å². The predicted molar refractivity (Wildman–Crippen MR) is 84.2 cm³/mol. The van der Waals surface area contributed by atoms with Crippen LogP contribution in [-0.4, -0.2) is 18.8 Å². The highest BCUT2D eigenvalue weighted by molar-refractivity contribution is 5.52. The van der Waals surface area contributed by atoms with E-state index < -0.39 is 0 Å². The number of rotatable bonds is 2. The lowest BCUT2D eigenvalue weighted by Gasteiger charge is -2.35. The number of nitrogens with one attached hydrogen (secondary N) is 1. The Morgan fingerprint density at radius 3 is 2.60 bits per heavy atom. The van der Waals surface area contributed by atoms with Gasteiger partial charge in [-0.25, -0.2) is 0 Å². The SMILES string of the molecule is CC1(C)CCC(OC2CCc3ccccc3NC2)CC1. The van der Waals surface area contributed by atoms with Crippen molar-refractivity contribution < 1.29 is 4.74 Å². The molecule has 110 valence electrons. The van der Waals surface area contributed by atoms with Crippen LogP contribution in [-0.2, 0) is 11.2 Å². The highest BCUT2D eigenvalue weighted by Crippen LogP contribution is 2.37. The molecular weight excluding hydrogens is 246 g/mol. The van der Waals surface area contributed by atoms with Crippen molar-refractivity contribution in [1.82, 2.24) is 0 Å². The molecule has 0 radical (unpaired) electrons. The van der Waals surface area contributed by atoms with Crippen LogP contribution in [0.2, 0.25) is 0 Å². The van der Waals surface area contributed by atoms with Crippen molar-refractivity contribution in [3.05, 3.63) is 29.8 Å². The first kappa shape index (κ1) is 13.9. The number of aryl methyl sites for hydroxylation is 1. The topological polar surface area (TPSA) is 21.3 Å². The smallest absolute Gasteiger partial charge is 0.0754 e. The lowest BCUT2D eigenvalue weighted by molar-refractivity contribution is -0.0418. The quantitative estimate of drug-likeness (QED) is 0.862. The van der Waals surface area contributed by atoms with E-state index >= 15 is 0 Å². The number of fused-ring (bicyclic) bond motifs is 1. The van der Waals surface area contributed by atoms with E-state index in [0.29, 0.717) is 17.6 Å². The molecular formula is C18H27NO. The molecule has 1 N–H and O–H groups in total. The van der Waals surface area contributed by atoms with Crippen LogP contribution < -0.4 is 5.32 Å². The maximum absolute atomic E-state index is 6.37. The Morgan fingerprint density at radius 2 is 1.80 bits per heavy atom. The number of benzene rings is 1. The van der Waals surface area contributed by atoms with E-state index in [1.54, 1.807) is 0 Å². The van der Waals surface area contributed by atoms with Crippen molar-refractivity contribution in [2.24, 2.45) is 5.41 Å². The van der Waals surface area contributed by atoms with Crippen LogP contribution in [0.1, 0.15) is 51.5 Å². The summed E-state index contributed by atoms with van der Waals surface area (Å²) in [4.78, 5) is 0. The molecule has 1 fully saturated rings. The van der Waals surface area contributed by atoms with Crippen molar-refractivity contribution in [1.29, 1.82) is 0 Å². The second kappa shape index (κ2) is 5.77. The van der Waals surface area contributed by atoms with E-state index in [1.807, 2.05) is 0 Å². The Hall–Kier alpha value is -1.02. The molecule has 1 aromatic rings. The zero-order valence-electron chi connectivity index (χ0n) is 12.8. The predicted octanol–water partition coefficient (Wildman–Crippen LogP) is 4.40. The van der Waals surface area contributed by atoms with Gasteiger partial charge in [-0.1, -0.05) is 32.0 Å². The third-order valence-corrected chi connectivity index (χ3v) is 4.94. The maximum Gasteiger partial charge on any atom is 0.0754 e. The molecule has 0 saturated heterocycles. The van der Waals surface area contributed by atoms with Crippen LogP contribution in [0.25, 0.3) is 0 Å². The summed E-state index contributed by atoms with van der Waals surface area (Å²) in [7, 11) is 0. The number of hydrogen-bond acceptors (Lipinski definition) is 2. The summed E-state index contributed by atoms with van der Waals surface area (Å²) in [5.41, 5.74) is 3.25. The average molecular weight is 273 g/mol. The van der Waals surface area contributed by atoms with Crippen molar-refractivity contribution in [2.45, 2.75) is 64.6 Å². The normalized spacial score (nSPS) is 26.4.